The lowest BCUT2D eigenvalue weighted by atomic mass is 9.92. The van der Waals surface area contributed by atoms with E-state index in [1.165, 1.54) is 49.5 Å². The van der Waals surface area contributed by atoms with Crippen molar-refractivity contribution in [2.24, 2.45) is 0 Å². The van der Waals surface area contributed by atoms with Gasteiger partial charge in [-0.25, -0.2) is 8.78 Å². The molecule has 33 heavy (non-hydrogen) atoms. The van der Waals surface area contributed by atoms with E-state index >= 15 is 0 Å². The Morgan fingerprint density at radius 2 is 1.61 bits per heavy atom. The Morgan fingerprint density at radius 3 is 2.03 bits per heavy atom. The summed E-state index contributed by atoms with van der Waals surface area (Å²) in [7, 11) is 0. The van der Waals surface area contributed by atoms with Gasteiger partial charge in [-0.3, -0.25) is 4.98 Å². The minimum Gasteiger partial charge on any atom is -0.264 e. The van der Waals surface area contributed by atoms with Crippen LogP contribution in [0, 0.1) is 6.92 Å². The van der Waals surface area contributed by atoms with Crippen LogP contribution in [0.25, 0.3) is 16.7 Å². The molecule has 1 aromatic heterocycles. The molecule has 0 aliphatic heterocycles. The number of benzene rings is 1. The second-order valence-electron chi connectivity index (χ2n) is 7.45. The largest absolute Gasteiger partial charge is 0.264 e. The Labute approximate surface area is 202 Å². The summed E-state index contributed by atoms with van der Waals surface area (Å²) in [6.45, 7) is 20.8. The molecule has 0 saturated heterocycles. The molecule has 2 rings (SSSR count). The van der Waals surface area contributed by atoms with Crippen LogP contribution in [0.4, 0.5) is 8.78 Å². The summed E-state index contributed by atoms with van der Waals surface area (Å²) in [6.07, 6.45) is 11.7. The van der Waals surface area contributed by atoms with Crippen molar-refractivity contribution in [2.75, 3.05) is 0 Å². The van der Waals surface area contributed by atoms with Crippen molar-refractivity contribution in [3.63, 3.8) is 0 Å². The van der Waals surface area contributed by atoms with Crippen LogP contribution >= 0.6 is 0 Å². The Balaban J connectivity index is 0. The Hall–Kier alpha value is -2.55. The highest BCUT2D eigenvalue weighted by atomic mass is 19.1. The Bertz CT molecular complexity index is 843. The van der Waals surface area contributed by atoms with Gasteiger partial charge >= 0.3 is 0 Å². The maximum Gasteiger partial charge on any atom is 0.116 e. The number of unbranched alkanes of at least 4 members (excludes halogenated alkanes) is 1. The van der Waals surface area contributed by atoms with Gasteiger partial charge < -0.3 is 0 Å². The third-order valence-electron chi connectivity index (χ3n) is 4.40. The van der Waals surface area contributed by atoms with E-state index in [1.807, 2.05) is 45.3 Å². The summed E-state index contributed by atoms with van der Waals surface area (Å²) in [4.78, 5) is 4.25. The number of pyridine rings is 1. The zero-order chi connectivity index (χ0) is 25.8. The number of halogens is 2. The minimum absolute atomic E-state index is 0.442. The lowest BCUT2D eigenvalue weighted by Gasteiger charge is -2.13. The molecule has 0 atom stereocenters. The first-order chi connectivity index (χ1) is 15.7. The molecule has 0 aliphatic rings. The van der Waals surface area contributed by atoms with Gasteiger partial charge in [0.2, 0.25) is 0 Å². The van der Waals surface area contributed by atoms with Crippen molar-refractivity contribution in [3.8, 4) is 11.1 Å². The summed E-state index contributed by atoms with van der Waals surface area (Å²) in [5.41, 5.74) is 6.88. The van der Waals surface area contributed by atoms with Crippen LogP contribution in [0.1, 0.15) is 84.9 Å². The van der Waals surface area contributed by atoms with Crippen molar-refractivity contribution >= 4 is 5.57 Å². The fraction of sp³-hybridized carbons (Fsp3) is 0.433. The molecule has 184 valence electrons. The van der Waals surface area contributed by atoms with E-state index in [4.69, 9.17) is 0 Å². The van der Waals surface area contributed by atoms with Crippen LogP contribution in [-0.4, -0.2) is 11.2 Å². The quantitative estimate of drug-likeness (QED) is 0.393. The summed E-state index contributed by atoms with van der Waals surface area (Å²) in [5.74, 6) is -0.442. The molecule has 0 unspecified atom stereocenters. The number of rotatable bonds is 6. The number of aryl methyl sites for hydroxylation is 2. The fourth-order valence-corrected chi connectivity index (χ4v) is 2.61. The number of aromatic nitrogens is 1. The van der Waals surface area contributed by atoms with Crippen molar-refractivity contribution < 1.29 is 8.78 Å². The molecule has 3 heteroatoms. The summed E-state index contributed by atoms with van der Waals surface area (Å²) >= 11 is 0. The van der Waals surface area contributed by atoms with E-state index in [9.17, 15) is 8.78 Å². The Kier molecular flexibility index (Phi) is 19.9. The number of hydrogen-bond donors (Lipinski definition) is 0. The first kappa shape index (κ1) is 32.6. The molecule has 2 aromatic rings. The maximum atomic E-state index is 12.9. The van der Waals surface area contributed by atoms with Gasteiger partial charge in [0.1, 0.15) is 5.83 Å². The minimum atomic E-state index is -0.667. The van der Waals surface area contributed by atoms with Gasteiger partial charge in [0, 0.05) is 18.0 Å². The average Bonchev–Trinajstić information content (AvgIpc) is 2.80. The molecule has 0 amide bonds. The van der Waals surface area contributed by atoms with Crippen LogP contribution in [0.2, 0.25) is 0 Å². The SMILES string of the molecule is C=C(F)/C=C\C(=C/C)c1ccc(-c2cnccc2C)c(CC)c1.CC.CC(C)F.CCCC. The van der Waals surface area contributed by atoms with E-state index in [0.29, 0.717) is 0 Å². The lowest BCUT2D eigenvalue weighted by Crippen LogP contribution is -1.93. The summed E-state index contributed by atoms with van der Waals surface area (Å²) in [6, 6.07) is 8.39. The number of nitrogens with zero attached hydrogens (tertiary/aromatic N) is 1. The smallest absolute Gasteiger partial charge is 0.116 e. The zero-order valence-electron chi connectivity index (χ0n) is 22.3. The standard InChI is InChI=1S/C21H22FN.C4H10.C3H7F.C2H6/c1-5-17(8-7-16(4)22)19-9-10-20(18(6-2)13-19)21-14-23-12-11-15(21)3;1-3-4-2;1-3(2)4;1-2/h5,7-14H,4,6H2,1-3H3;3-4H2,1-2H3;3H,1-2H3;1-2H3/b8-7-,17-5+;;;. The molecule has 0 fully saturated rings. The van der Waals surface area contributed by atoms with Gasteiger partial charge in [-0.1, -0.05) is 84.4 Å². The fourth-order valence-electron chi connectivity index (χ4n) is 2.61. The molecule has 1 heterocycles. The van der Waals surface area contributed by atoms with Gasteiger partial charge in [0.05, 0.1) is 6.17 Å². The highest BCUT2D eigenvalue weighted by Crippen LogP contribution is 2.29. The van der Waals surface area contributed by atoms with Gasteiger partial charge in [0.25, 0.3) is 0 Å². The maximum absolute atomic E-state index is 12.9. The molecule has 0 spiro atoms. The van der Waals surface area contributed by atoms with Crippen LogP contribution < -0.4 is 0 Å². The Morgan fingerprint density at radius 1 is 1.03 bits per heavy atom. The molecule has 0 bridgehead atoms. The van der Waals surface area contributed by atoms with Gasteiger partial charge in [-0.2, -0.15) is 0 Å². The van der Waals surface area contributed by atoms with Gasteiger partial charge in [-0.15, -0.1) is 0 Å². The average molecular weight is 458 g/mol. The van der Waals surface area contributed by atoms with Crippen molar-refractivity contribution in [1.29, 1.82) is 0 Å². The second-order valence-corrected chi connectivity index (χ2v) is 7.45. The van der Waals surface area contributed by atoms with Crippen molar-refractivity contribution in [1.82, 2.24) is 4.98 Å². The number of allylic oxidation sites excluding steroid dienone is 5. The first-order valence-electron chi connectivity index (χ1n) is 12.1. The van der Waals surface area contributed by atoms with Gasteiger partial charge in [0.15, 0.2) is 0 Å². The normalized spacial score (nSPS) is 10.5. The zero-order valence-corrected chi connectivity index (χ0v) is 22.3. The van der Waals surface area contributed by atoms with E-state index in [-0.39, 0.29) is 0 Å². The molecule has 1 nitrogen and oxygen atoms in total. The molecule has 1 aromatic carbocycles. The molecule has 0 aliphatic carbocycles. The first-order valence-corrected chi connectivity index (χ1v) is 12.1. The highest BCUT2D eigenvalue weighted by Gasteiger charge is 2.09. The van der Waals surface area contributed by atoms with Crippen LogP contribution in [0.3, 0.4) is 0 Å². The molecule has 0 radical (unpaired) electrons. The topological polar surface area (TPSA) is 12.9 Å². The molecule has 0 saturated carbocycles. The van der Waals surface area contributed by atoms with Crippen LogP contribution in [0.5, 0.6) is 0 Å². The lowest BCUT2D eigenvalue weighted by molar-refractivity contribution is 0.391. The van der Waals surface area contributed by atoms with E-state index in [1.54, 1.807) is 6.08 Å². The number of alkyl halides is 1. The predicted molar refractivity (Wildman–Crippen MR) is 145 cm³/mol. The highest BCUT2D eigenvalue weighted by molar-refractivity contribution is 5.78. The van der Waals surface area contributed by atoms with E-state index in [0.717, 1.165) is 23.1 Å². The van der Waals surface area contributed by atoms with Crippen molar-refractivity contribution in [3.05, 3.63) is 84.0 Å². The van der Waals surface area contributed by atoms with Crippen molar-refractivity contribution in [2.45, 2.75) is 87.7 Å². The monoisotopic (exact) mass is 457 g/mol. The van der Waals surface area contributed by atoms with E-state index in [2.05, 4.69) is 57.5 Å². The third kappa shape index (κ3) is 14.3. The third-order valence-corrected chi connectivity index (χ3v) is 4.40. The molecular formula is C30H45F2N. The van der Waals surface area contributed by atoms with Crippen LogP contribution in [-0.2, 0) is 6.42 Å². The van der Waals surface area contributed by atoms with Gasteiger partial charge in [-0.05, 0) is 74.1 Å². The second kappa shape index (κ2) is 20.1. The van der Waals surface area contributed by atoms with E-state index < -0.39 is 12.0 Å². The summed E-state index contributed by atoms with van der Waals surface area (Å²) in [5, 5.41) is 0. The molecular weight excluding hydrogens is 412 g/mol. The van der Waals surface area contributed by atoms with Crippen LogP contribution in [0.15, 0.2) is 67.3 Å². The predicted octanol–water partition coefficient (Wildman–Crippen LogP) is 10.3. The summed E-state index contributed by atoms with van der Waals surface area (Å²) < 4.78 is 23.9. The molecule has 0 N–H and O–H groups in total. The number of hydrogen-bond acceptors (Lipinski definition) is 1.